The molecule has 0 radical (unpaired) electrons. The fourth-order valence-electron chi connectivity index (χ4n) is 2.05. The summed E-state index contributed by atoms with van der Waals surface area (Å²) in [6, 6.07) is 3.39. The number of hydrogen-bond acceptors (Lipinski definition) is 5. The molecule has 1 aliphatic carbocycles. The molecule has 0 aromatic heterocycles. The Kier molecular flexibility index (Phi) is 3.51. The highest BCUT2D eigenvalue weighted by molar-refractivity contribution is 7.84. The number of ether oxygens (including phenoxy) is 1. The highest BCUT2D eigenvalue weighted by atomic mass is 32.2. The maximum atomic E-state index is 11.9. The van der Waals surface area contributed by atoms with E-state index in [1.165, 1.54) is 7.11 Å². The third-order valence-electron chi connectivity index (χ3n) is 2.90. The van der Waals surface area contributed by atoms with E-state index in [4.69, 9.17) is 9.88 Å². The van der Waals surface area contributed by atoms with Crippen LogP contribution < -0.4 is 9.88 Å². The van der Waals surface area contributed by atoms with Gasteiger partial charge in [-0.15, -0.1) is 0 Å². The van der Waals surface area contributed by atoms with Gasteiger partial charge in [0.25, 0.3) is 0 Å². The van der Waals surface area contributed by atoms with Gasteiger partial charge in [-0.25, -0.2) is 4.79 Å². The average Bonchev–Trinajstić information content (AvgIpc) is 3.09. The highest BCUT2D eigenvalue weighted by Crippen LogP contribution is 2.46. The van der Waals surface area contributed by atoms with Crippen molar-refractivity contribution in [3.8, 4) is 5.75 Å². The largest absolute Gasteiger partial charge is 0.496 e. The summed E-state index contributed by atoms with van der Waals surface area (Å²) in [5.74, 6) is -0.186. The molecule has 0 aliphatic heterocycles. The number of benzene rings is 1. The SMILES string of the molecule is COc1cc(C)cc(C(=O)OS(N)(=O)=O)c1C1CC1. The summed E-state index contributed by atoms with van der Waals surface area (Å²) in [6.45, 7) is 1.78. The molecule has 1 saturated carbocycles. The Labute approximate surface area is 111 Å². The van der Waals surface area contributed by atoms with E-state index in [9.17, 15) is 13.2 Å². The Hall–Kier alpha value is -1.60. The number of rotatable bonds is 4. The zero-order valence-electron chi connectivity index (χ0n) is 10.7. The lowest BCUT2D eigenvalue weighted by Gasteiger charge is -2.13. The Morgan fingerprint density at radius 3 is 2.47 bits per heavy atom. The molecule has 0 atom stereocenters. The summed E-state index contributed by atoms with van der Waals surface area (Å²) in [5, 5.41) is 4.72. The molecule has 19 heavy (non-hydrogen) atoms. The monoisotopic (exact) mass is 285 g/mol. The number of aryl methyl sites for hydroxylation is 1. The second kappa shape index (κ2) is 4.82. The van der Waals surface area contributed by atoms with Crippen molar-refractivity contribution in [2.45, 2.75) is 25.7 Å². The molecule has 104 valence electrons. The molecule has 0 amide bonds. The van der Waals surface area contributed by atoms with E-state index in [2.05, 4.69) is 4.18 Å². The maximum Gasteiger partial charge on any atom is 0.382 e. The molecule has 1 aliphatic rings. The molecule has 0 saturated heterocycles. The quantitative estimate of drug-likeness (QED) is 0.898. The molecule has 2 rings (SSSR count). The van der Waals surface area contributed by atoms with Crippen LogP contribution in [0.3, 0.4) is 0 Å². The van der Waals surface area contributed by atoms with Gasteiger partial charge in [0, 0.05) is 5.56 Å². The van der Waals surface area contributed by atoms with E-state index in [0.717, 1.165) is 18.4 Å². The average molecular weight is 285 g/mol. The molecule has 2 N–H and O–H groups in total. The van der Waals surface area contributed by atoms with Crippen LogP contribution in [0.4, 0.5) is 0 Å². The Morgan fingerprint density at radius 1 is 1.37 bits per heavy atom. The minimum Gasteiger partial charge on any atom is -0.496 e. The van der Waals surface area contributed by atoms with Crippen LogP contribution in [0.25, 0.3) is 0 Å². The number of methoxy groups -OCH3 is 1. The molecule has 0 spiro atoms. The van der Waals surface area contributed by atoms with Gasteiger partial charge in [0.05, 0.1) is 12.7 Å². The maximum absolute atomic E-state index is 11.9. The fourth-order valence-corrected chi connectivity index (χ4v) is 2.35. The second-order valence-corrected chi connectivity index (χ2v) is 5.72. The molecular formula is C12H15NO5S. The minimum atomic E-state index is -4.32. The van der Waals surface area contributed by atoms with E-state index < -0.39 is 16.3 Å². The van der Waals surface area contributed by atoms with Gasteiger partial charge in [-0.3, -0.25) is 0 Å². The molecule has 0 unspecified atom stereocenters. The summed E-state index contributed by atoms with van der Waals surface area (Å²) < 4.78 is 31.2. The molecule has 0 bridgehead atoms. The lowest BCUT2D eigenvalue weighted by Crippen LogP contribution is -2.21. The summed E-state index contributed by atoms with van der Waals surface area (Å²) >= 11 is 0. The van der Waals surface area contributed by atoms with E-state index in [-0.39, 0.29) is 11.5 Å². The zero-order chi connectivity index (χ0) is 14.2. The summed E-state index contributed by atoms with van der Waals surface area (Å²) in [7, 11) is -2.81. The van der Waals surface area contributed by atoms with Crippen molar-refractivity contribution >= 4 is 16.3 Å². The van der Waals surface area contributed by atoms with Crippen molar-refractivity contribution in [2.75, 3.05) is 7.11 Å². The predicted molar refractivity (Wildman–Crippen MR) is 68.2 cm³/mol. The van der Waals surface area contributed by atoms with Crippen LogP contribution in [0.15, 0.2) is 12.1 Å². The van der Waals surface area contributed by atoms with Gasteiger partial charge in [-0.2, -0.15) is 13.6 Å². The molecule has 6 nitrogen and oxygen atoms in total. The van der Waals surface area contributed by atoms with Gasteiger partial charge in [0.1, 0.15) is 5.75 Å². The van der Waals surface area contributed by atoms with E-state index >= 15 is 0 Å². The van der Waals surface area contributed by atoms with Crippen molar-refractivity contribution in [2.24, 2.45) is 5.14 Å². The van der Waals surface area contributed by atoms with Crippen molar-refractivity contribution < 1.29 is 22.1 Å². The first-order valence-corrected chi connectivity index (χ1v) is 7.24. The number of carbonyl (C=O) groups excluding carboxylic acids is 1. The van der Waals surface area contributed by atoms with Crippen LogP contribution in [0.2, 0.25) is 0 Å². The summed E-state index contributed by atoms with van der Waals surface area (Å²) in [5.41, 5.74) is 1.68. The molecule has 7 heteroatoms. The van der Waals surface area contributed by atoms with Gasteiger partial charge in [0.2, 0.25) is 0 Å². The second-order valence-electron chi connectivity index (χ2n) is 4.57. The molecule has 0 heterocycles. The Bertz CT molecular complexity index is 619. The van der Waals surface area contributed by atoms with Gasteiger partial charge in [-0.1, -0.05) is 0 Å². The topological polar surface area (TPSA) is 95.7 Å². The van der Waals surface area contributed by atoms with Crippen LogP contribution in [0.5, 0.6) is 5.75 Å². The number of carbonyl (C=O) groups is 1. The first-order chi connectivity index (χ1) is 8.81. The van der Waals surface area contributed by atoms with Gasteiger partial charge in [0.15, 0.2) is 0 Å². The molecule has 1 fully saturated rings. The van der Waals surface area contributed by atoms with Crippen LogP contribution in [-0.4, -0.2) is 21.5 Å². The standard InChI is InChI=1S/C12H15NO5S/c1-7-5-9(12(14)18-19(13,15)16)11(8-3-4-8)10(6-7)17-2/h5-6,8H,3-4H2,1-2H3,(H2,13,15,16). The lowest BCUT2D eigenvalue weighted by atomic mass is 9.99. The minimum absolute atomic E-state index is 0.202. The highest BCUT2D eigenvalue weighted by Gasteiger charge is 2.33. The van der Waals surface area contributed by atoms with Gasteiger partial charge >= 0.3 is 16.3 Å². The first-order valence-electron chi connectivity index (χ1n) is 5.77. The van der Waals surface area contributed by atoms with Crippen LogP contribution in [0.1, 0.15) is 40.2 Å². The van der Waals surface area contributed by atoms with E-state index in [0.29, 0.717) is 11.3 Å². The van der Waals surface area contributed by atoms with Crippen molar-refractivity contribution in [3.63, 3.8) is 0 Å². The van der Waals surface area contributed by atoms with Crippen LogP contribution in [0, 0.1) is 6.92 Å². The van der Waals surface area contributed by atoms with Crippen molar-refractivity contribution in [3.05, 3.63) is 28.8 Å². The van der Waals surface area contributed by atoms with E-state index in [1.807, 2.05) is 0 Å². The molecule has 1 aromatic rings. The Morgan fingerprint density at radius 2 is 2.00 bits per heavy atom. The fraction of sp³-hybridized carbons (Fsp3) is 0.417. The normalized spacial score (nSPS) is 15.1. The number of nitrogens with two attached hydrogens (primary N) is 1. The predicted octanol–water partition coefficient (Wildman–Crippen LogP) is 1.24. The summed E-state index contributed by atoms with van der Waals surface area (Å²) in [4.78, 5) is 11.9. The van der Waals surface area contributed by atoms with E-state index in [1.54, 1.807) is 19.1 Å². The van der Waals surface area contributed by atoms with Crippen LogP contribution >= 0.6 is 0 Å². The first kappa shape index (κ1) is 13.8. The third-order valence-corrected chi connectivity index (χ3v) is 3.29. The van der Waals surface area contributed by atoms with Crippen LogP contribution in [-0.2, 0) is 14.5 Å². The molecule has 1 aromatic carbocycles. The Balaban J connectivity index is 2.49. The van der Waals surface area contributed by atoms with Gasteiger partial charge < -0.3 is 8.92 Å². The smallest absolute Gasteiger partial charge is 0.382 e. The number of hydrogen-bond donors (Lipinski definition) is 1. The third kappa shape index (κ3) is 3.24. The summed E-state index contributed by atoms with van der Waals surface area (Å²) in [6.07, 6.45) is 1.88. The van der Waals surface area contributed by atoms with Gasteiger partial charge in [-0.05, 0) is 43.4 Å². The van der Waals surface area contributed by atoms with Crippen molar-refractivity contribution in [1.82, 2.24) is 0 Å². The lowest BCUT2D eigenvalue weighted by molar-refractivity contribution is 0.0745. The zero-order valence-corrected chi connectivity index (χ0v) is 11.5. The molecular weight excluding hydrogens is 270 g/mol. The van der Waals surface area contributed by atoms with Crippen molar-refractivity contribution in [1.29, 1.82) is 0 Å².